The van der Waals surface area contributed by atoms with Crippen LogP contribution in [0.3, 0.4) is 0 Å². The third kappa shape index (κ3) is 9.11. The highest BCUT2D eigenvalue weighted by Gasteiger charge is 2.25. The molecule has 0 atom stereocenters. The summed E-state index contributed by atoms with van der Waals surface area (Å²) in [6.45, 7) is 2.72. The van der Waals surface area contributed by atoms with E-state index in [-0.39, 0.29) is 30.4 Å². The van der Waals surface area contributed by atoms with Crippen molar-refractivity contribution < 1.29 is 13.2 Å². The quantitative estimate of drug-likeness (QED) is 0.258. The number of nitrogens with one attached hydrogen (secondary N) is 2. The lowest BCUT2D eigenvalue weighted by molar-refractivity contribution is -0.135. The molecule has 0 aliphatic heterocycles. The molecule has 0 saturated heterocycles. The van der Waals surface area contributed by atoms with Crippen molar-refractivity contribution in [1.82, 2.24) is 25.4 Å². The predicted octanol–water partition coefficient (Wildman–Crippen LogP) is 3.84. The number of alkyl halides is 3. The van der Waals surface area contributed by atoms with Crippen LogP contribution >= 0.6 is 24.0 Å². The van der Waals surface area contributed by atoms with Crippen molar-refractivity contribution in [2.45, 2.75) is 77.1 Å². The summed E-state index contributed by atoms with van der Waals surface area (Å²) in [6.07, 6.45) is 1.58. The third-order valence-corrected chi connectivity index (χ3v) is 4.69. The van der Waals surface area contributed by atoms with Crippen molar-refractivity contribution in [1.29, 1.82) is 0 Å². The number of aromatic nitrogens is 3. The highest BCUT2D eigenvalue weighted by Crippen LogP contribution is 2.22. The van der Waals surface area contributed by atoms with Crippen LogP contribution in [0, 0.1) is 6.92 Å². The van der Waals surface area contributed by atoms with E-state index in [0.29, 0.717) is 31.5 Å². The van der Waals surface area contributed by atoms with Crippen LogP contribution in [0.4, 0.5) is 13.2 Å². The molecule has 1 saturated carbocycles. The normalized spacial score (nSPS) is 16.1. The van der Waals surface area contributed by atoms with E-state index in [2.05, 4.69) is 25.8 Å². The van der Waals surface area contributed by atoms with E-state index in [1.807, 2.05) is 18.5 Å². The van der Waals surface area contributed by atoms with E-state index in [9.17, 15) is 13.2 Å². The molecule has 1 aromatic rings. The lowest BCUT2D eigenvalue weighted by atomic mass is 9.96. The van der Waals surface area contributed by atoms with Gasteiger partial charge >= 0.3 is 6.18 Å². The van der Waals surface area contributed by atoms with Crippen molar-refractivity contribution >= 4 is 29.9 Å². The summed E-state index contributed by atoms with van der Waals surface area (Å²) in [5.74, 6) is 2.21. The zero-order valence-corrected chi connectivity index (χ0v) is 18.3. The lowest BCUT2D eigenvalue weighted by Gasteiger charge is -2.25. The van der Waals surface area contributed by atoms with Gasteiger partial charge in [-0.05, 0) is 32.6 Å². The van der Waals surface area contributed by atoms with Crippen LogP contribution in [0.2, 0.25) is 0 Å². The van der Waals surface area contributed by atoms with Crippen molar-refractivity contribution in [2.75, 3.05) is 6.54 Å². The molecule has 0 spiro atoms. The van der Waals surface area contributed by atoms with Gasteiger partial charge in [0.2, 0.25) is 0 Å². The maximum atomic E-state index is 12.2. The van der Waals surface area contributed by atoms with Crippen LogP contribution in [0.5, 0.6) is 0 Å². The molecular weight excluding hydrogens is 472 g/mol. The van der Waals surface area contributed by atoms with Gasteiger partial charge in [0.15, 0.2) is 11.8 Å². The summed E-state index contributed by atoms with van der Waals surface area (Å²) in [7, 11) is 1.89. The Balaban J connectivity index is 0.00000364. The maximum Gasteiger partial charge on any atom is 0.389 e. The first-order valence-electron chi connectivity index (χ1n) is 9.31. The number of hydrogen-bond donors (Lipinski definition) is 2. The van der Waals surface area contributed by atoms with Crippen LogP contribution in [0.25, 0.3) is 0 Å². The molecule has 2 N–H and O–H groups in total. The Hall–Kier alpha value is -1.07. The average Bonchev–Trinajstić information content (AvgIpc) is 2.91. The molecule has 0 aromatic carbocycles. The van der Waals surface area contributed by atoms with Crippen molar-refractivity contribution in [2.24, 2.45) is 12.0 Å². The van der Waals surface area contributed by atoms with Crippen LogP contribution in [0.1, 0.15) is 63.0 Å². The average molecular weight is 502 g/mol. The minimum absolute atomic E-state index is 0. The molecule has 27 heavy (non-hydrogen) atoms. The van der Waals surface area contributed by atoms with E-state index in [1.165, 1.54) is 19.3 Å². The monoisotopic (exact) mass is 502 g/mol. The molecule has 156 valence electrons. The topological polar surface area (TPSA) is 67.1 Å². The zero-order valence-electron chi connectivity index (χ0n) is 16.0. The van der Waals surface area contributed by atoms with Crippen molar-refractivity contribution in [3.8, 4) is 0 Å². The number of hydrogen-bond acceptors (Lipinski definition) is 3. The highest BCUT2D eigenvalue weighted by atomic mass is 127. The van der Waals surface area contributed by atoms with Gasteiger partial charge in [-0.2, -0.15) is 13.2 Å². The van der Waals surface area contributed by atoms with Gasteiger partial charge in [-0.1, -0.05) is 19.3 Å². The standard InChI is InChI=1S/C17H29F3N6.HI/c1-13-24-25-15(26(13)2)12-22-16(23-14-8-4-3-5-9-14)21-11-7-6-10-17(18,19)20;/h14H,3-12H2,1-2H3,(H2,21,22,23);1H. The van der Waals surface area contributed by atoms with E-state index >= 15 is 0 Å². The van der Waals surface area contributed by atoms with Crippen LogP contribution < -0.4 is 10.6 Å². The Bertz CT molecular complexity index is 582. The molecule has 0 bridgehead atoms. The van der Waals surface area contributed by atoms with Crippen molar-refractivity contribution in [3.05, 3.63) is 11.6 Å². The third-order valence-electron chi connectivity index (χ3n) is 4.69. The Morgan fingerprint density at radius 3 is 2.48 bits per heavy atom. The molecule has 10 heteroatoms. The first-order chi connectivity index (χ1) is 12.3. The van der Waals surface area contributed by atoms with E-state index < -0.39 is 12.6 Å². The van der Waals surface area contributed by atoms with Gasteiger partial charge in [0.25, 0.3) is 0 Å². The SMILES string of the molecule is Cc1nnc(CN=C(NCCCCC(F)(F)F)NC2CCCCC2)n1C.I. The number of nitrogens with zero attached hydrogens (tertiary/aromatic N) is 4. The molecule has 0 amide bonds. The number of aliphatic imine (C=N–C) groups is 1. The van der Waals surface area contributed by atoms with Gasteiger partial charge in [-0.15, -0.1) is 34.2 Å². The highest BCUT2D eigenvalue weighted by molar-refractivity contribution is 14.0. The van der Waals surface area contributed by atoms with Crippen LogP contribution in [0.15, 0.2) is 4.99 Å². The number of guanidine groups is 1. The number of halogens is 4. The van der Waals surface area contributed by atoms with Gasteiger partial charge in [0, 0.05) is 26.1 Å². The Morgan fingerprint density at radius 2 is 1.89 bits per heavy atom. The molecule has 1 heterocycles. The van der Waals surface area contributed by atoms with E-state index in [4.69, 9.17) is 0 Å². The second kappa shape index (κ2) is 11.7. The zero-order chi connectivity index (χ0) is 19.0. The molecule has 1 aliphatic rings. The Morgan fingerprint density at radius 1 is 1.19 bits per heavy atom. The summed E-state index contributed by atoms with van der Waals surface area (Å²) in [5.41, 5.74) is 0. The molecule has 0 radical (unpaired) electrons. The first kappa shape index (κ1) is 24.0. The van der Waals surface area contributed by atoms with Gasteiger partial charge in [0.1, 0.15) is 12.4 Å². The molecule has 0 unspecified atom stereocenters. The number of aryl methyl sites for hydroxylation is 1. The van der Waals surface area contributed by atoms with Crippen LogP contribution in [-0.4, -0.2) is 39.5 Å². The second-order valence-electron chi connectivity index (χ2n) is 6.87. The molecule has 2 rings (SSSR count). The summed E-state index contributed by atoms with van der Waals surface area (Å²) < 4.78 is 38.6. The second-order valence-corrected chi connectivity index (χ2v) is 6.87. The van der Waals surface area contributed by atoms with Gasteiger partial charge in [-0.3, -0.25) is 0 Å². The smallest absolute Gasteiger partial charge is 0.356 e. The summed E-state index contributed by atoms with van der Waals surface area (Å²) in [4.78, 5) is 4.56. The first-order valence-corrected chi connectivity index (χ1v) is 9.31. The molecule has 1 aliphatic carbocycles. The fourth-order valence-electron chi connectivity index (χ4n) is 2.99. The summed E-state index contributed by atoms with van der Waals surface area (Å²) in [5, 5.41) is 14.7. The fourth-order valence-corrected chi connectivity index (χ4v) is 2.99. The number of unbranched alkanes of at least 4 members (excludes halogenated alkanes) is 1. The minimum Gasteiger partial charge on any atom is -0.356 e. The lowest BCUT2D eigenvalue weighted by Crippen LogP contribution is -2.44. The Kier molecular flexibility index (Phi) is 10.4. The van der Waals surface area contributed by atoms with Gasteiger partial charge in [0.05, 0.1) is 0 Å². The Labute approximate surface area is 175 Å². The largest absolute Gasteiger partial charge is 0.389 e. The van der Waals surface area contributed by atoms with Gasteiger partial charge < -0.3 is 15.2 Å². The molecule has 1 fully saturated rings. The fraction of sp³-hybridized carbons (Fsp3) is 0.824. The predicted molar refractivity (Wildman–Crippen MR) is 110 cm³/mol. The molecular formula is C17H30F3IN6. The maximum absolute atomic E-state index is 12.2. The van der Waals surface area contributed by atoms with E-state index in [0.717, 1.165) is 24.5 Å². The summed E-state index contributed by atoms with van der Waals surface area (Å²) >= 11 is 0. The van der Waals surface area contributed by atoms with E-state index in [1.54, 1.807) is 0 Å². The number of rotatable bonds is 7. The summed E-state index contributed by atoms with van der Waals surface area (Å²) in [6, 6.07) is 0.367. The van der Waals surface area contributed by atoms with Crippen molar-refractivity contribution in [3.63, 3.8) is 0 Å². The molecule has 1 aromatic heterocycles. The van der Waals surface area contributed by atoms with Crippen LogP contribution in [-0.2, 0) is 13.6 Å². The minimum atomic E-state index is -4.08. The molecule has 6 nitrogen and oxygen atoms in total. The van der Waals surface area contributed by atoms with Gasteiger partial charge in [-0.25, -0.2) is 4.99 Å².